The molecule has 0 aromatic heterocycles. The zero-order valence-electron chi connectivity index (χ0n) is 12.8. The van der Waals surface area contributed by atoms with E-state index < -0.39 is 6.17 Å². The van der Waals surface area contributed by atoms with Gasteiger partial charge >= 0.3 is 0 Å². The molecule has 118 valence electrons. The Morgan fingerprint density at radius 1 is 1.32 bits per heavy atom. The van der Waals surface area contributed by atoms with Crippen LogP contribution in [-0.4, -0.2) is 25.3 Å². The summed E-state index contributed by atoms with van der Waals surface area (Å²) in [6.07, 6.45) is 7.19. The molecule has 2 aliphatic rings. The summed E-state index contributed by atoms with van der Waals surface area (Å²) in [5.74, 6) is 0. The number of alkyl halides is 1. The zero-order chi connectivity index (χ0) is 15.5. The van der Waals surface area contributed by atoms with Crippen molar-refractivity contribution in [1.82, 2.24) is 5.32 Å². The van der Waals surface area contributed by atoms with Crippen LogP contribution in [0.5, 0.6) is 0 Å². The summed E-state index contributed by atoms with van der Waals surface area (Å²) in [6.45, 7) is 4.02. The minimum atomic E-state index is -0.878. The number of fused-ring (bicyclic) bond motifs is 1. The minimum Gasteiger partial charge on any atom is -0.377 e. The summed E-state index contributed by atoms with van der Waals surface area (Å²) in [5.41, 5.74) is 4.63. The number of halogens is 2. The fourth-order valence-electron chi connectivity index (χ4n) is 3.15. The predicted molar refractivity (Wildman–Crippen MR) is 91.6 cm³/mol. The van der Waals surface area contributed by atoms with E-state index in [1.807, 2.05) is 18.2 Å². The fraction of sp³-hybridized carbons (Fsp3) is 0.444. The lowest BCUT2D eigenvalue weighted by Crippen LogP contribution is -2.21. The smallest absolute Gasteiger partial charge is 0.122 e. The van der Waals surface area contributed by atoms with E-state index in [4.69, 9.17) is 11.6 Å². The van der Waals surface area contributed by atoms with E-state index >= 15 is 0 Å². The second-order valence-electron chi connectivity index (χ2n) is 6.00. The molecule has 0 spiro atoms. The highest BCUT2D eigenvalue weighted by molar-refractivity contribution is 6.33. The fourth-order valence-corrected chi connectivity index (χ4v) is 3.39. The van der Waals surface area contributed by atoms with Crippen LogP contribution in [0.4, 0.5) is 10.1 Å². The molecule has 2 nitrogen and oxygen atoms in total. The number of rotatable bonds is 3. The maximum Gasteiger partial charge on any atom is 0.122 e. The van der Waals surface area contributed by atoms with Crippen molar-refractivity contribution in [2.75, 3.05) is 18.4 Å². The third-order valence-electron chi connectivity index (χ3n) is 4.39. The van der Waals surface area contributed by atoms with Gasteiger partial charge in [-0.3, -0.25) is 0 Å². The Bertz CT molecular complexity index is 609. The van der Waals surface area contributed by atoms with Gasteiger partial charge in [-0.05, 0) is 61.7 Å². The average molecular weight is 321 g/mol. The summed E-state index contributed by atoms with van der Waals surface area (Å²) < 4.78 is 13.5. The van der Waals surface area contributed by atoms with Gasteiger partial charge < -0.3 is 10.6 Å². The van der Waals surface area contributed by atoms with E-state index in [-0.39, 0.29) is 6.04 Å². The lowest BCUT2D eigenvalue weighted by molar-refractivity contribution is 0.399. The maximum absolute atomic E-state index is 13.5. The van der Waals surface area contributed by atoms with Crippen LogP contribution in [-0.2, 0) is 12.8 Å². The normalized spacial score (nSPS) is 22.5. The highest BCUT2D eigenvalue weighted by atomic mass is 35.5. The molecule has 0 bridgehead atoms. The van der Waals surface area contributed by atoms with E-state index in [0.717, 1.165) is 42.2 Å². The molecular formula is C18H22ClFN2. The topological polar surface area (TPSA) is 24.1 Å². The lowest BCUT2D eigenvalue weighted by atomic mass is 9.97. The second-order valence-corrected chi connectivity index (χ2v) is 6.40. The summed E-state index contributed by atoms with van der Waals surface area (Å²) in [6, 6.07) is 4.12. The molecule has 1 aromatic carbocycles. The molecule has 0 radical (unpaired) electrons. The Morgan fingerprint density at radius 3 is 2.95 bits per heavy atom. The molecule has 1 aromatic rings. The van der Waals surface area contributed by atoms with Crippen molar-refractivity contribution in [3.8, 4) is 0 Å². The Kier molecular flexibility index (Phi) is 4.84. The largest absolute Gasteiger partial charge is 0.377 e. The molecule has 22 heavy (non-hydrogen) atoms. The van der Waals surface area contributed by atoms with Crippen molar-refractivity contribution in [1.29, 1.82) is 0 Å². The van der Waals surface area contributed by atoms with Crippen molar-refractivity contribution < 1.29 is 4.39 Å². The average Bonchev–Trinajstić information content (AvgIpc) is 2.75. The highest BCUT2D eigenvalue weighted by Crippen LogP contribution is 2.32. The molecule has 2 atom stereocenters. The van der Waals surface area contributed by atoms with Crippen LogP contribution in [0.1, 0.15) is 24.5 Å². The molecule has 0 amide bonds. The molecule has 0 fully saturated rings. The lowest BCUT2D eigenvalue weighted by Gasteiger charge is -2.23. The van der Waals surface area contributed by atoms with Gasteiger partial charge in [-0.1, -0.05) is 29.8 Å². The number of allylic oxidation sites excluding steroid dienone is 2. The van der Waals surface area contributed by atoms with Gasteiger partial charge in [-0.15, -0.1) is 0 Å². The molecule has 3 rings (SSSR count). The summed E-state index contributed by atoms with van der Waals surface area (Å²) in [7, 11) is 0. The quantitative estimate of drug-likeness (QED) is 0.878. The van der Waals surface area contributed by atoms with Crippen molar-refractivity contribution in [3.63, 3.8) is 0 Å². The van der Waals surface area contributed by atoms with Crippen LogP contribution in [0.15, 0.2) is 35.9 Å². The second kappa shape index (κ2) is 6.84. The van der Waals surface area contributed by atoms with Crippen LogP contribution >= 0.6 is 11.6 Å². The van der Waals surface area contributed by atoms with Crippen LogP contribution < -0.4 is 10.6 Å². The SMILES string of the molecule is CC(Nc1c(Cl)ccc2c1CCNCC2)C1=CC(F)CC=C1. The first kappa shape index (κ1) is 15.6. The number of benzene rings is 1. The summed E-state index contributed by atoms with van der Waals surface area (Å²) >= 11 is 6.43. The van der Waals surface area contributed by atoms with Crippen LogP contribution in [0.3, 0.4) is 0 Å². The van der Waals surface area contributed by atoms with Crippen molar-refractivity contribution in [3.05, 3.63) is 52.1 Å². The number of hydrogen-bond donors (Lipinski definition) is 2. The monoisotopic (exact) mass is 320 g/mol. The van der Waals surface area contributed by atoms with Gasteiger partial charge in [0.05, 0.1) is 10.7 Å². The predicted octanol–water partition coefficient (Wildman–Crippen LogP) is 4.05. The molecule has 4 heteroatoms. The minimum absolute atomic E-state index is 0.0370. The Morgan fingerprint density at radius 2 is 2.14 bits per heavy atom. The summed E-state index contributed by atoms with van der Waals surface area (Å²) in [4.78, 5) is 0. The molecule has 1 aliphatic heterocycles. The highest BCUT2D eigenvalue weighted by Gasteiger charge is 2.18. The summed E-state index contributed by atoms with van der Waals surface area (Å²) in [5, 5.41) is 7.67. The van der Waals surface area contributed by atoms with E-state index in [9.17, 15) is 4.39 Å². The van der Waals surface area contributed by atoms with E-state index in [1.54, 1.807) is 6.08 Å². The van der Waals surface area contributed by atoms with Crippen LogP contribution in [0.2, 0.25) is 5.02 Å². The zero-order valence-corrected chi connectivity index (χ0v) is 13.6. The van der Waals surface area contributed by atoms with E-state index in [2.05, 4.69) is 23.6 Å². The standard InChI is InChI=1S/C18H22ClFN2/c1-12(14-3-2-4-15(20)11-14)22-18-16-8-10-21-9-7-13(16)5-6-17(18)19/h2-3,5-6,11-12,15,21-22H,4,7-10H2,1H3. The Hall–Kier alpha value is -1.32. The van der Waals surface area contributed by atoms with Gasteiger partial charge in [0.1, 0.15) is 6.17 Å². The van der Waals surface area contributed by atoms with Gasteiger partial charge in [0, 0.05) is 12.5 Å². The third-order valence-corrected chi connectivity index (χ3v) is 4.70. The number of anilines is 1. The Labute approximate surface area is 136 Å². The van der Waals surface area contributed by atoms with Crippen molar-refractivity contribution in [2.24, 2.45) is 0 Å². The van der Waals surface area contributed by atoms with Gasteiger partial charge in [-0.25, -0.2) is 4.39 Å². The third kappa shape index (κ3) is 3.36. The maximum atomic E-state index is 13.5. The van der Waals surface area contributed by atoms with Gasteiger partial charge in [0.15, 0.2) is 0 Å². The van der Waals surface area contributed by atoms with Crippen molar-refractivity contribution in [2.45, 2.75) is 38.4 Å². The Balaban J connectivity index is 1.87. The van der Waals surface area contributed by atoms with E-state index in [0.29, 0.717) is 6.42 Å². The molecule has 2 N–H and O–H groups in total. The molecule has 1 aliphatic carbocycles. The first-order chi connectivity index (χ1) is 10.6. The molecule has 0 saturated carbocycles. The molecule has 0 saturated heterocycles. The van der Waals surface area contributed by atoms with E-state index in [1.165, 1.54) is 11.1 Å². The van der Waals surface area contributed by atoms with Crippen molar-refractivity contribution >= 4 is 17.3 Å². The van der Waals surface area contributed by atoms with Crippen LogP contribution in [0, 0.1) is 0 Å². The number of nitrogens with one attached hydrogen (secondary N) is 2. The molecular weight excluding hydrogens is 299 g/mol. The van der Waals surface area contributed by atoms with Gasteiger partial charge in [0.25, 0.3) is 0 Å². The van der Waals surface area contributed by atoms with Crippen LogP contribution in [0.25, 0.3) is 0 Å². The van der Waals surface area contributed by atoms with Gasteiger partial charge in [0.2, 0.25) is 0 Å². The molecule has 1 heterocycles. The first-order valence-corrected chi connectivity index (χ1v) is 8.33. The molecule has 2 unspecified atom stereocenters. The first-order valence-electron chi connectivity index (χ1n) is 7.95. The number of hydrogen-bond acceptors (Lipinski definition) is 2. The van der Waals surface area contributed by atoms with Gasteiger partial charge in [-0.2, -0.15) is 0 Å².